The van der Waals surface area contributed by atoms with Crippen molar-refractivity contribution in [1.29, 1.82) is 0 Å². The van der Waals surface area contributed by atoms with E-state index in [9.17, 15) is 12.8 Å². The molecule has 2 aromatic carbocycles. The minimum Gasteiger partial charge on any atom is -0.216 e. The van der Waals surface area contributed by atoms with E-state index < -0.39 is 15.0 Å². The summed E-state index contributed by atoms with van der Waals surface area (Å²) in [5, 5.41) is -1.15. The minimum atomic E-state index is -4.06. The van der Waals surface area contributed by atoms with E-state index >= 15 is 0 Å². The highest BCUT2D eigenvalue weighted by molar-refractivity contribution is 7.95. The molecule has 98 valence electrons. The van der Waals surface area contributed by atoms with E-state index in [-0.39, 0.29) is 4.90 Å². The maximum Gasteiger partial charge on any atom is 0.233 e. The molecular weight excluding hydrogens is 263 g/mol. The molecule has 19 heavy (non-hydrogen) atoms. The van der Waals surface area contributed by atoms with Crippen molar-refractivity contribution in [1.82, 2.24) is 0 Å². The zero-order valence-corrected chi connectivity index (χ0v) is 11.2. The van der Waals surface area contributed by atoms with E-state index in [1.165, 1.54) is 12.1 Å². The Hall–Kier alpha value is -1.94. The number of rotatable bonds is 3. The van der Waals surface area contributed by atoms with Crippen LogP contribution in [-0.4, -0.2) is 8.42 Å². The summed E-state index contributed by atoms with van der Waals surface area (Å²) in [5.74, 6) is 0. The molecule has 0 aliphatic rings. The zero-order chi connectivity index (χ0) is 13.9. The van der Waals surface area contributed by atoms with Crippen molar-refractivity contribution in [3.63, 3.8) is 0 Å². The summed E-state index contributed by atoms with van der Waals surface area (Å²) in [5.41, 5.74) is 1.43. The van der Waals surface area contributed by atoms with Gasteiger partial charge < -0.3 is 0 Å². The molecule has 0 spiro atoms. The monoisotopic (exact) mass is 276 g/mol. The van der Waals surface area contributed by atoms with Crippen LogP contribution in [0.5, 0.6) is 0 Å². The Bertz CT molecular complexity index is 687. The molecule has 0 unspecified atom stereocenters. The van der Waals surface area contributed by atoms with Crippen LogP contribution in [0, 0.1) is 6.92 Å². The topological polar surface area (TPSA) is 34.1 Å². The fourth-order valence-electron chi connectivity index (χ4n) is 1.59. The molecular formula is C15H13FO2S. The summed E-state index contributed by atoms with van der Waals surface area (Å²) in [6, 6.07) is 14.6. The molecule has 0 radical (unpaired) electrons. The SMILES string of the molecule is Cc1ccc(S(=O)(=O)C(F)=Cc2ccccc2)cc1. The average molecular weight is 276 g/mol. The molecule has 0 fully saturated rings. The standard InChI is InChI=1S/C15H13FO2S/c1-12-7-9-14(10-8-12)19(17,18)15(16)11-13-5-3-2-4-6-13/h2-11H,1H3. The Morgan fingerprint density at radius 3 is 2.16 bits per heavy atom. The largest absolute Gasteiger partial charge is 0.233 e. The van der Waals surface area contributed by atoms with E-state index in [0.717, 1.165) is 11.6 Å². The molecule has 2 aromatic rings. The Kier molecular flexibility index (Phi) is 3.81. The van der Waals surface area contributed by atoms with E-state index in [2.05, 4.69) is 0 Å². The Morgan fingerprint density at radius 2 is 1.58 bits per heavy atom. The first kappa shape index (κ1) is 13.5. The van der Waals surface area contributed by atoms with Crippen LogP contribution in [0.2, 0.25) is 0 Å². The highest BCUT2D eigenvalue weighted by Gasteiger charge is 2.20. The van der Waals surface area contributed by atoms with Gasteiger partial charge in [-0.2, -0.15) is 4.39 Å². The number of hydrogen-bond donors (Lipinski definition) is 0. The van der Waals surface area contributed by atoms with Crippen molar-refractivity contribution in [2.24, 2.45) is 0 Å². The molecule has 2 nitrogen and oxygen atoms in total. The van der Waals surface area contributed by atoms with Gasteiger partial charge in [0.25, 0.3) is 0 Å². The van der Waals surface area contributed by atoms with Gasteiger partial charge in [0.15, 0.2) is 0 Å². The Balaban J connectivity index is 2.40. The van der Waals surface area contributed by atoms with Gasteiger partial charge in [-0.1, -0.05) is 48.0 Å². The second kappa shape index (κ2) is 5.36. The van der Waals surface area contributed by atoms with Gasteiger partial charge in [-0.25, -0.2) is 8.42 Å². The molecule has 0 aliphatic heterocycles. The summed E-state index contributed by atoms with van der Waals surface area (Å²) < 4.78 is 37.9. The number of hydrogen-bond acceptors (Lipinski definition) is 2. The summed E-state index contributed by atoms with van der Waals surface area (Å²) in [6.07, 6.45) is 1.02. The van der Waals surface area contributed by atoms with Crippen LogP contribution in [-0.2, 0) is 9.84 Å². The quantitative estimate of drug-likeness (QED) is 0.856. The third-order valence-electron chi connectivity index (χ3n) is 2.67. The lowest BCUT2D eigenvalue weighted by Gasteiger charge is -2.02. The lowest BCUT2D eigenvalue weighted by molar-refractivity contribution is 0.579. The van der Waals surface area contributed by atoms with Crippen LogP contribution in [0.25, 0.3) is 6.08 Å². The van der Waals surface area contributed by atoms with Gasteiger partial charge in [-0.15, -0.1) is 0 Å². The predicted octanol–water partition coefficient (Wildman–Crippen LogP) is 3.74. The molecule has 0 bridgehead atoms. The lowest BCUT2D eigenvalue weighted by Crippen LogP contribution is -2.01. The summed E-state index contributed by atoms with van der Waals surface area (Å²) >= 11 is 0. The van der Waals surface area contributed by atoms with Crippen molar-refractivity contribution >= 4 is 15.9 Å². The molecule has 0 aliphatic carbocycles. The summed E-state index contributed by atoms with van der Waals surface area (Å²) in [4.78, 5) is -0.0391. The van der Waals surface area contributed by atoms with Gasteiger partial charge in [0.2, 0.25) is 15.0 Å². The van der Waals surface area contributed by atoms with Gasteiger partial charge in [0.05, 0.1) is 4.90 Å². The van der Waals surface area contributed by atoms with E-state index in [1.54, 1.807) is 42.5 Å². The smallest absolute Gasteiger partial charge is 0.216 e. The molecule has 4 heteroatoms. The second-order valence-corrected chi connectivity index (χ2v) is 6.04. The van der Waals surface area contributed by atoms with Crippen molar-refractivity contribution in [3.8, 4) is 0 Å². The maximum atomic E-state index is 13.9. The number of halogens is 1. The van der Waals surface area contributed by atoms with Crippen molar-refractivity contribution in [2.75, 3.05) is 0 Å². The molecule has 0 saturated heterocycles. The van der Waals surface area contributed by atoms with Crippen LogP contribution < -0.4 is 0 Å². The maximum absolute atomic E-state index is 13.9. The number of aryl methyl sites for hydroxylation is 1. The van der Waals surface area contributed by atoms with Crippen LogP contribution in [0.1, 0.15) is 11.1 Å². The summed E-state index contributed by atoms with van der Waals surface area (Å²) in [6.45, 7) is 1.84. The normalized spacial score (nSPS) is 12.4. The van der Waals surface area contributed by atoms with Gasteiger partial charge in [-0.05, 0) is 30.7 Å². The first-order chi connectivity index (χ1) is 9.00. The molecule has 0 N–H and O–H groups in total. The molecule has 0 aromatic heterocycles. The zero-order valence-electron chi connectivity index (χ0n) is 10.4. The third kappa shape index (κ3) is 3.09. The second-order valence-electron chi connectivity index (χ2n) is 4.18. The predicted molar refractivity (Wildman–Crippen MR) is 73.9 cm³/mol. The summed E-state index contributed by atoms with van der Waals surface area (Å²) in [7, 11) is -4.06. The molecule has 0 atom stereocenters. The molecule has 0 heterocycles. The highest BCUT2D eigenvalue weighted by Crippen LogP contribution is 2.22. The fraction of sp³-hybridized carbons (Fsp3) is 0.0667. The van der Waals surface area contributed by atoms with Crippen molar-refractivity contribution in [2.45, 2.75) is 11.8 Å². The van der Waals surface area contributed by atoms with Crippen molar-refractivity contribution in [3.05, 3.63) is 70.9 Å². The minimum absolute atomic E-state index is 0.0391. The van der Waals surface area contributed by atoms with E-state index in [4.69, 9.17) is 0 Å². The average Bonchev–Trinajstić information content (AvgIpc) is 2.40. The molecule has 2 rings (SSSR count). The van der Waals surface area contributed by atoms with Gasteiger partial charge >= 0.3 is 0 Å². The van der Waals surface area contributed by atoms with E-state index in [0.29, 0.717) is 5.56 Å². The number of benzene rings is 2. The van der Waals surface area contributed by atoms with Crippen LogP contribution >= 0.6 is 0 Å². The van der Waals surface area contributed by atoms with Gasteiger partial charge in [0, 0.05) is 0 Å². The van der Waals surface area contributed by atoms with Crippen molar-refractivity contribution < 1.29 is 12.8 Å². The Labute approximate surface area is 112 Å². The first-order valence-electron chi connectivity index (χ1n) is 5.74. The van der Waals surface area contributed by atoms with Crippen LogP contribution in [0.4, 0.5) is 4.39 Å². The third-order valence-corrected chi connectivity index (χ3v) is 4.19. The highest BCUT2D eigenvalue weighted by atomic mass is 32.2. The van der Waals surface area contributed by atoms with Gasteiger partial charge in [0.1, 0.15) is 0 Å². The lowest BCUT2D eigenvalue weighted by atomic mass is 10.2. The van der Waals surface area contributed by atoms with Gasteiger partial charge in [-0.3, -0.25) is 0 Å². The van der Waals surface area contributed by atoms with E-state index in [1.807, 2.05) is 6.92 Å². The number of sulfone groups is 1. The Morgan fingerprint density at radius 1 is 1.00 bits per heavy atom. The van der Waals surface area contributed by atoms with Crippen LogP contribution in [0.3, 0.4) is 0 Å². The fourth-order valence-corrected chi connectivity index (χ4v) is 2.60. The molecule has 0 amide bonds. The first-order valence-corrected chi connectivity index (χ1v) is 7.22. The van der Waals surface area contributed by atoms with Crippen LogP contribution in [0.15, 0.2) is 64.7 Å². The molecule has 0 saturated carbocycles.